The molecule has 3 nitrogen and oxygen atoms in total. The molecule has 0 radical (unpaired) electrons. The zero-order chi connectivity index (χ0) is 12.2. The van der Waals surface area contributed by atoms with E-state index in [1.54, 1.807) is 6.92 Å². The average molecular weight is 231 g/mol. The summed E-state index contributed by atoms with van der Waals surface area (Å²) in [5.74, 6) is 2.38. The van der Waals surface area contributed by atoms with E-state index in [2.05, 4.69) is 16.3 Å². The maximum Gasteiger partial charge on any atom is 0.435 e. The van der Waals surface area contributed by atoms with Crippen molar-refractivity contribution in [2.24, 2.45) is 0 Å². The van der Waals surface area contributed by atoms with Gasteiger partial charge in [-0.2, -0.15) is 18.3 Å². The predicted molar refractivity (Wildman–Crippen MR) is 53.6 cm³/mol. The summed E-state index contributed by atoms with van der Waals surface area (Å²) in [5, 5.41) is 6.36. The van der Waals surface area contributed by atoms with E-state index >= 15 is 0 Å². The van der Waals surface area contributed by atoms with E-state index in [9.17, 15) is 13.2 Å². The molecule has 0 aliphatic heterocycles. The summed E-state index contributed by atoms with van der Waals surface area (Å²) >= 11 is 0. The Hall–Kier alpha value is -1.48. The molecule has 0 saturated heterocycles. The number of aromatic nitrogens is 2. The molecule has 1 aromatic rings. The molecule has 0 aliphatic carbocycles. The second kappa shape index (κ2) is 5.03. The van der Waals surface area contributed by atoms with E-state index in [4.69, 9.17) is 6.42 Å². The predicted octanol–water partition coefficient (Wildman–Crippen LogP) is 1.69. The molecule has 1 aromatic heterocycles. The van der Waals surface area contributed by atoms with Crippen LogP contribution in [0, 0.1) is 12.3 Å². The lowest BCUT2D eigenvalue weighted by molar-refractivity contribution is -0.141. The highest BCUT2D eigenvalue weighted by Crippen LogP contribution is 2.27. The van der Waals surface area contributed by atoms with Crippen molar-refractivity contribution >= 4 is 0 Å². The Labute approximate surface area is 91.6 Å². The van der Waals surface area contributed by atoms with E-state index < -0.39 is 11.9 Å². The zero-order valence-corrected chi connectivity index (χ0v) is 8.75. The third kappa shape index (κ3) is 3.28. The molecule has 0 fully saturated rings. The molecule has 0 aromatic carbocycles. The zero-order valence-electron chi connectivity index (χ0n) is 8.75. The second-order valence-corrected chi connectivity index (χ2v) is 3.36. The Morgan fingerprint density at radius 2 is 2.31 bits per heavy atom. The largest absolute Gasteiger partial charge is 0.435 e. The Kier molecular flexibility index (Phi) is 3.96. The minimum absolute atomic E-state index is 0.176. The summed E-state index contributed by atoms with van der Waals surface area (Å²) in [6.07, 6.45) is 1.95. The molecule has 0 saturated carbocycles. The van der Waals surface area contributed by atoms with Gasteiger partial charge in [-0.3, -0.25) is 4.68 Å². The average Bonchev–Trinajstić information content (AvgIpc) is 2.66. The van der Waals surface area contributed by atoms with Crippen LogP contribution in [0.15, 0.2) is 12.3 Å². The fourth-order valence-corrected chi connectivity index (χ4v) is 1.18. The number of halogens is 3. The normalized spacial score (nSPS) is 13.4. The van der Waals surface area contributed by atoms with Gasteiger partial charge in [0.1, 0.15) is 0 Å². The molecule has 88 valence electrons. The molecule has 0 amide bonds. The van der Waals surface area contributed by atoms with Crippen molar-refractivity contribution in [1.82, 2.24) is 15.1 Å². The minimum Gasteiger partial charge on any atom is -0.304 e. The van der Waals surface area contributed by atoms with Gasteiger partial charge in [0.25, 0.3) is 0 Å². The fraction of sp³-hybridized carbons (Fsp3) is 0.500. The van der Waals surface area contributed by atoms with Gasteiger partial charge in [-0.05, 0) is 13.0 Å². The second-order valence-electron chi connectivity index (χ2n) is 3.36. The first kappa shape index (κ1) is 12.6. The summed E-state index contributed by atoms with van der Waals surface area (Å²) in [4.78, 5) is 0. The van der Waals surface area contributed by atoms with Gasteiger partial charge in [0, 0.05) is 12.7 Å². The number of nitrogens with one attached hydrogen (secondary N) is 1. The number of hydrogen-bond donors (Lipinski definition) is 1. The van der Waals surface area contributed by atoms with Crippen LogP contribution in [0.25, 0.3) is 0 Å². The molecule has 0 bridgehead atoms. The molecule has 1 unspecified atom stereocenters. The molecule has 0 spiro atoms. The minimum atomic E-state index is -4.39. The van der Waals surface area contributed by atoms with Crippen LogP contribution in [0.4, 0.5) is 13.2 Å². The van der Waals surface area contributed by atoms with Crippen LogP contribution in [0.2, 0.25) is 0 Å². The van der Waals surface area contributed by atoms with Crippen molar-refractivity contribution in [3.05, 3.63) is 18.0 Å². The summed E-state index contributed by atoms with van der Waals surface area (Å²) < 4.78 is 38.0. The van der Waals surface area contributed by atoms with E-state index in [1.807, 2.05) is 0 Å². The summed E-state index contributed by atoms with van der Waals surface area (Å²) in [5.41, 5.74) is -0.878. The highest BCUT2D eigenvalue weighted by Gasteiger charge is 2.33. The van der Waals surface area contributed by atoms with Gasteiger partial charge in [0.05, 0.1) is 12.6 Å². The SMILES string of the molecule is C#CCNCC(C)n1ccc(C(F)(F)F)n1. The van der Waals surface area contributed by atoms with Crippen molar-refractivity contribution in [1.29, 1.82) is 0 Å². The van der Waals surface area contributed by atoms with E-state index in [0.717, 1.165) is 6.07 Å². The van der Waals surface area contributed by atoms with Gasteiger partial charge < -0.3 is 5.32 Å². The number of alkyl halides is 3. The molecule has 16 heavy (non-hydrogen) atoms. The third-order valence-electron chi connectivity index (χ3n) is 2.02. The van der Waals surface area contributed by atoms with Gasteiger partial charge in [0.2, 0.25) is 0 Å². The topological polar surface area (TPSA) is 29.9 Å². The fourth-order valence-electron chi connectivity index (χ4n) is 1.18. The summed E-state index contributed by atoms with van der Waals surface area (Å²) in [6.45, 7) is 2.62. The Balaban J connectivity index is 2.61. The third-order valence-corrected chi connectivity index (χ3v) is 2.02. The van der Waals surface area contributed by atoms with Gasteiger partial charge in [-0.1, -0.05) is 5.92 Å². The molecule has 1 heterocycles. The van der Waals surface area contributed by atoms with Gasteiger partial charge >= 0.3 is 6.18 Å². The monoisotopic (exact) mass is 231 g/mol. The van der Waals surface area contributed by atoms with Crippen molar-refractivity contribution in [3.63, 3.8) is 0 Å². The first-order valence-electron chi connectivity index (χ1n) is 4.71. The van der Waals surface area contributed by atoms with E-state index in [-0.39, 0.29) is 6.04 Å². The number of rotatable bonds is 4. The first-order chi connectivity index (χ1) is 7.45. The highest BCUT2D eigenvalue weighted by molar-refractivity contribution is 5.03. The van der Waals surface area contributed by atoms with Crippen molar-refractivity contribution < 1.29 is 13.2 Å². The molecule has 0 aliphatic rings. The molecule has 1 N–H and O–H groups in total. The Bertz CT molecular complexity index is 375. The number of nitrogens with zero attached hydrogens (tertiary/aromatic N) is 2. The maximum absolute atomic E-state index is 12.3. The summed E-state index contributed by atoms with van der Waals surface area (Å²) in [6, 6.07) is 0.780. The Morgan fingerprint density at radius 1 is 1.62 bits per heavy atom. The smallest absolute Gasteiger partial charge is 0.304 e. The maximum atomic E-state index is 12.3. The van der Waals surface area contributed by atoms with Crippen LogP contribution in [-0.4, -0.2) is 22.9 Å². The van der Waals surface area contributed by atoms with Crippen LogP contribution < -0.4 is 5.32 Å². The Morgan fingerprint density at radius 3 is 2.81 bits per heavy atom. The lowest BCUT2D eigenvalue weighted by Gasteiger charge is -2.12. The molecular formula is C10H12F3N3. The van der Waals surface area contributed by atoms with Crippen LogP contribution >= 0.6 is 0 Å². The molecule has 1 atom stereocenters. The highest BCUT2D eigenvalue weighted by atomic mass is 19.4. The quantitative estimate of drug-likeness (QED) is 0.631. The van der Waals surface area contributed by atoms with E-state index in [0.29, 0.717) is 13.1 Å². The first-order valence-corrected chi connectivity index (χ1v) is 4.71. The molecular weight excluding hydrogens is 219 g/mol. The van der Waals surface area contributed by atoms with Crippen molar-refractivity contribution in [2.45, 2.75) is 19.1 Å². The van der Waals surface area contributed by atoms with Crippen molar-refractivity contribution in [3.8, 4) is 12.3 Å². The lowest BCUT2D eigenvalue weighted by Crippen LogP contribution is -2.24. The van der Waals surface area contributed by atoms with Gasteiger partial charge in [-0.25, -0.2) is 0 Å². The number of terminal acetylenes is 1. The molecule has 1 rings (SSSR count). The van der Waals surface area contributed by atoms with Gasteiger partial charge in [-0.15, -0.1) is 6.42 Å². The lowest BCUT2D eigenvalue weighted by atomic mass is 10.3. The van der Waals surface area contributed by atoms with Crippen LogP contribution in [-0.2, 0) is 6.18 Å². The van der Waals surface area contributed by atoms with Crippen LogP contribution in [0.5, 0.6) is 0 Å². The van der Waals surface area contributed by atoms with Gasteiger partial charge in [0.15, 0.2) is 5.69 Å². The molecule has 6 heteroatoms. The van der Waals surface area contributed by atoms with Crippen LogP contribution in [0.3, 0.4) is 0 Å². The van der Waals surface area contributed by atoms with Crippen molar-refractivity contribution in [2.75, 3.05) is 13.1 Å². The van der Waals surface area contributed by atoms with Crippen LogP contribution in [0.1, 0.15) is 18.7 Å². The number of hydrogen-bond acceptors (Lipinski definition) is 2. The van der Waals surface area contributed by atoms with E-state index in [1.165, 1.54) is 10.9 Å². The standard InChI is InChI=1S/C10H12F3N3/c1-3-5-14-7-8(2)16-6-4-9(15-16)10(11,12)13/h1,4,6,8,14H,5,7H2,2H3. The summed E-state index contributed by atoms with van der Waals surface area (Å²) in [7, 11) is 0.